The Hall–Kier alpha value is -2.91. The fourth-order valence-corrected chi connectivity index (χ4v) is 2.11. The lowest BCUT2D eigenvalue weighted by molar-refractivity contribution is -0.388. The summed E-state index contributed by atoms with van der Waals surface area (Å²) in [5, 5.41) is 21.4. The van der Waals surface area contributed by atoms with Crippen LogP contribution in [-0.4, -0.2) is 34.9 Å². The largest absolute Gasteiger partial charge is 0.506 e. The SMILES string of the molecule is CCOC(=O)C(C=NC1CC1)=C(O)c1c(F)c(C)c(F)c(F)c1[N+](=O)[O-]. The Morgan fingerprint density at radius 3 is 2.46 bits per heavy atom. The van der Waals surface area contributed by atoms with E-state index >= 15 is 0 Å². The van der Waals surface area contributed by atoms with E-state index in [1.54, 1.807) is 0 Å². The molecular weight excluding hydrogens is 357 g/mol. The second-order valence-electron chi connectivity index (χ2n) is 5.54. The smallest absolute Gasteiger partial charge is 0.343 e. The van der Waals surface area contributed by atoms with Crippen molar-refractivity contribution in [1.29, 1.82) is 0 Å². The zero-order valence-corrected chi connectivity index (χ0v) is 13.9. The first-order valence-corrected chi connectivity index (χ1v) is 7.65. The minimum Gasteiger partial charge on any atom is -0.506 e. The van der Waals surface area contributed by atoms with Gasteiger partial charge in [-0.3, -0.25) is 15.1 Å². The molecule has 1 aromatic carbocycles. The highest BCUT2D eigenvalue weighted by Gasteiger charge is 2.35. The van der Waals surface area contributed by atoms with Crippen molar-refractivity contribution in [2.24, 2.45) is 4.99 Å². The van der Waals surface area contributed by atoms with E-state index in [1.165, 1.54) is 6.92 Å². The van der Waals surface area contributed by atoms with E-state index < -0.39 is 56.5 Å². The minimum atomic E-state index is -1.95. The maximum atomic E-state index is 14.4. The first-order valence-electron chi connectivity index (χ1n) is 7.65. The first kappa shape index (κ1) is 19.4. The summed E-state index contributed by atoms with van der Waals surface area (Å²) in [6.45, 7) is 2.21. The van der Waals surface area contributed by atoms with Crippen LogP contribution < -0.4 is 0 Å². The van der Waals surface area contributed by atoms with E-state index in [-0.39, 0.29) is 12.6 Å². The highest BCUT2D eigenvalue weighted by Crippen LogP contribution is 2.35. The average molecular weight is 372 g/mol. The quantitative estimate of drug-likeness (QED) is 0.157. The van der Waals surface area contributed by atoms with Crippen LogP contribution >= 0.6 is 0 Å². The summed E-state index contributed by atoms with van der Waals surface area (Å²) >= 11 is 0. The van der Waals surface area contributed by atoms with Gasteiger partial charge in [-0.2, -0.15) is 4.39 Å². The Bertz CT molecular complexity index is 832. The summed E-state index contributed by atoms with van der Waals surface area (Å²) in [6.07, 6.45) is 2.38. The van der Waals surface area contributed by atoms with Crippen LogP contribution in [0.5, 0.6) is 0 Å². The van der Waals surface area contributed by atoms with Gasteiger partial charge in [-0.1, -0.05) is 0 Å². The molecular formula is C16H15F3N2O5. The predicted molar refractivity (Wildman–Crippen MR) is 85.4 cm³/mol. The third-order valence-corrected chi connectivity index (χ3v) is 3.65. The number of hydrogen-bond acceptors (Lipinski definition) is 6. The lowest BCUT2D eigenvalue weighted by atomic mass is 10.0. The number of aliphatic hydroxyl groups is 1. The van der Waals surface area contributed by atoms with Crippen LogP contribution in [0.2, 0.25) is 0 Å². The van der Waals surface area contributed by atoms with Gasteiger partial charge in [0.05, 0.1) is 17.6 Å². The monoisotopic (exact) mass is 372 g/mol. The maximum Gasteiger partial charge on any atom is 0.343 e. The van der Waals surface area contributed by atoms with Gasteiger partial charge < -0.3 is 9.84 Å². The van der Waals surface area contributed by atoms with Gasteiger partial charge in [0.2, 0.25) is 5.82 Å². The number of hydrogen-bond donors (Lipinski definition) is 1. The number of esters is 1. The van der Waals surface area contributed by atoms with Crippen molar-refractivity contribution >= 4 is 23.6 Å². The Kier molecular flexibility index (Phi) is 5.63. The third-order valence-electron chi connectivity index (χ3n) is 3.65. The standard InChI is InChI=1S/C16H15F3N2O5/c1-3-26-16(23)9(6-20-8-4-5-8)15(22)10-11(17)7(2)12(18)13(19)14(10)21(24)25/h6,8,22H,3-5H2,1-2H3. The zero-order chi connectivity index (χ0) is 19.6. The second-order valence-corrected chi connectivity index (χ2v) is 5.54. The number of carbonyl (C=O) groups excluding carboxylic acids is 1. The Morgan fingerprint density at radius 1 is 1.35 bits per heavy atom. The Labute approximate surface area is 145 Å². The van der Waals surface area contributed by atoms with Gasteiger partial charge in [0, 0.05) is 11.8 Å². The fourth-order valence-electron chi connectivity index (χ4n) is 2.11. The molecule has 1 aromatic rings. The van der Waals surface area contributed by atoms with E-state index in [4.69, 9.17) is 4.74 Å². The van der Waals surface area contributed by atoms with Crippen LogP contribution in [0.15, 0.2) is 10.6 Å². The van der Waals surface area contributed by atoms with Gasteiger partial charge in [-0.25, -0.2) is 13.6 Å². The number of ether oxygens (including phenoxy) is 1. The normalized spacial score (nSPS) is 15.1. The van der Waals surface area contributed by atoms with E-state index in [1.807, 2.05) is 0 Å². The molecule has 0 saturated heterocycles. The molecule has 1 saturated carbocycles. The van der Waals surface area contributed by atoms with E-state index in [0.29, 0.717) is 0 Å². The van der Waals surface area contributed by atoms with Crippen molar-refractivity contribution in [2.75, 3.05) is 6.61 Å². The van der Waals surface area contributed by atoms with Crippen LogP contribution in [0, 0.1) is 34.5 Å². The Morgan fingerprint density at radius 2 is 1.96 bits per heavy atom. The van der Waals surface area contributed by atoms with Gasteiger partial charge >= 0.3 is 11.7 Å². The number of carbonyl (C=O) groups is 1. The summed E-state index contributed by atoms with van der Waals surface area (Å²) in [5.74, 6) is -7.65. The number of benzene rings is 1. The number of nitro benzene ring substituents is 1. The molecule has 0 heterocycles. The molecule has 140 valence electrons. The number of aliphatic hydroxyl groups excluding tert-OH is 1. The Balaban J connectivity index is 2.77. The van der Waals surface area contributed by atoms with Crippen LogP contribution in [0.3, 0.4) is 0 Å². The second kappa shape index (κ2) is 7.54. The van der Waals surface area contributed by atoms with Gasteiger partial charge in [-0.15, -0.1) is 0 Å². The van der Waals surface area contributed by atoms with Crippen LogP contribution in [0.1, 0.15) is 30.9 Å². The lowest BCUT2D eigenvalue weighted by Crippen LogP contribution is -2.14. The first-order chi connectivity index (χ1) is 12.2. The number of nitro groups is 1. The molecule has 0 unspecified atom stereocenters. The molecule has 1 N–H and O–H groups in total. The van der Waals surface area contributed by atoms with E-state index in [0.717, 1.165) is 26.0 Å². The molecule has 0 aromatic heterocycles. The van der Waals surface area contributed by atoms with Crippen molar-refractivity contribution in [3.05, 3.63) is 44.3 Å². The summed E-state index contributed by atoms with van der Waals surface area (Å²) < 4.78 is 46.8. The molecule has 26 heavy (non-hydrogen) atoms. The predicted octanol–water partition coefficient (Wildman–Crippen LogP) is 3.39. The highest BCUT2D eigenvalue weighted by molar-refractivity contribution is 6.15. The number of rotatable bonds is 6. The topological polar surface area (TPSA) is 102 Å². The molecule has 0 amide bonds. The molecule has 1 aliphatic rings. The summed E-state index contributed by atoms with van der Waals surface area (Å²) in [7, 11) is 0. The van der Waals surface area contributed by atoms with Crippen molar-refractivity contribution in [2.45, 2.75) is 32.7 Å². The van der Waals surface area contributed by atoms with Crippen LogP contribution in [-0.2, 0) is 9.53 Å². The molecule has 0 spiro atoms. The summed E-state index contributed by atoms with van der Waals surface area (Å²) in [4.78, 5) is 25.7. The van der Waals surface area contributed by atoms with Crippen molar-refractivity contribution in [3.8, 4) is 0 Å². The molecule has 7 nitrogen and oxygen atoms in total. The lowest BCUT2D eigenvalue weighted by Gasteiger charge is -2.11. The van der Waals surface area contributed by atoms with E-state index in [9.17, 15) is 33.2 Å². The molecule has 2 rings (SSSR count). The fraction of sp³-hybridized carbons (Fsp3) is 0.375. The molecule has 0 atom stereocenters. The zero-order valence-electron chi connectivity index (χ0n) is 13.9. The third kappa shape index (κ3) is 3.68. The average Bonchev–Trinajstić information content (AvgIpc) is 3.40. The maximum absolute atomic E-state index is 14.4. The van der Waals surface area contributed by atoms with Crippen molar-refractivity contribution in [1.82, 2.24) is 0 Å². The molecule has 1 aliphatic carbocycles. The van der Waals surface area contributed by atoms with Crippen LogP contribution in [0.4, 0.5) is 18.9 Å². The van der Waals surface area contributed by atoms with Crippen LogP contribution in [0.25, 0.3) is 5.76 Å². The van der Waals surface area contributed by atoms with Crippen molar-refractivity contribution in [3.63, 3.8) is 0 Å². The van der Waals surface area contributed by atoms with Gasteiger partial charge in [-0.05, 0) is 26.7 Å². The highest BCUT2D eigenvalue weighted by atomic mass is 19.2. The molecule has 1 fully saturated rings. The van der Waals surface area contributed by atoms with E-state index in [2.05, 4.69) is 4.99 Å². The summed E-state index contributed by atoms with van der Waals surface area (Å²) in [5.41, 5.74) is -4.43. The van der Waals surface area contributed by atoms with Gasteiger partial charge in [0.25, 0.3) is 0 Å². The number of aliphatic imine (C=N–C) groups is 1. The number of nitrogens with zero attached hydrogens (tertiary/aromatic N) is 2. The van der Waals surface area contributed by atoms with Gasteiger partial charge in [0.1, 0.15) is 22.7 Å². The molecule has 10 heteroatoms. The minimum absolute atomic E-state index is 0.0984. The van der Waals surface area contributed by atoms with Crippen molar-refractivity contribution < 1.29 is 32.7 Å². The number of halogens is 3. The summed E-state index contributed by atoms with van der Waals surface area (Å²) in [6, 6.07) is -0.0984. The van der Waals surface area contributed by atoms with Gasteiger partial charge in [0.15, 0.2) is 5.82 Å². The molecule has 0 radical (unpaired) electrons. The molecule has 0 bridgehead atoms. The molecule has 0 aliphatic heterocycles.